The summed E-state index contributed by atoms with van der Waals surface area (Å²) in [6.07, 6.45) is 0. The van der Waals surface area contributed by atoms with Gasteiger partial charge in [-0.05, 0) is 42.8 Å². The van der Waals surface area contributed by atoms with Gasteiger partial charge in [-0.2, -0.15) is 0 Å². The van der Waals surface area contributed by atoms with E-state index < -0.39 is 5.97 Å². The summed E-state index contributed by atoms with van der Waals surface area (Å²) in [6, 6.07) is 13.2. The number of ether oxygens (including phenoxy) is 3. The highest BCUT2D eigenvalue weighted by molar-refractivity contribution is 7.12. The summed E-state index contributed by atoms with van der Waals surface area (Å²) >= 11 is 1.59. The monoisotopic (exact) mass is 383 g/mol. The van der Waals surface area contributed by atoms with Crippen LogP contribution in [-0.2, 0) is 18.0 Å². The maximum Gasteiger partial charge on any atom is 0.341 e. The van der Waals surface area contributed by atoms with Gasteiger partial charge in [0.25, 0.3) is 0 Å². The van der Waals surface area contributed by atoms with Crippen molar-refractivity contribution in [3.8, 4) is 28.5 Å². The Kier molecular flexibility index (Phi) is 4.68. The first kappa shape index (κ1) is 17.4. The number of rotatable bonds is 6. The molecule has 2 aromatic carbocycles. The molecule has 1 aromatic heterocycles. The minimum Gasteiger partial charge on any atom is -0.487 e. The lowest BCUT2D eigenvalue weighted by atomic mass is 10.1. The van der Waals surface area contributed by atoms with Gasteiger partial charge in [0, 0.05) is 5.56 Å². The topological polar surface area (TPSA) is 77.9 Å². The van der Waals surface area contributed by atoms with Crippen molar-refractivity contribution in [3.05, 3.63) is 57.9 Å². The molecule has 0 saturated heterocycles. The van der Waals surface area contributed by atoms with Gasteiger partial charge >= 0.3 is 5.97 Å². The first-order chi connectivity index (χ1) is 13.1. The zero-order valence-electron chi connectivity index (χ0n) is 14.6. The van der Waals surface area contributed by atoms with Crippen LogP contribution in [0.3, 0.4) is 0 Å². The lowest BCUT2D eigenvalue weighted by Gasteiger charge is -2.15. The number of aryl methyl sites for hydroxylation is 1. The highest BCUT2D eigenvalue weighted by Gasteiger charge is 2.21. The van der Waals surface area contributed by atoms with Crippen molar-refractivity contribution >= 4 is 17.3 Å². The number of aliphatic carboxylic acids is 1. The fraction of sp³-hybridized carbons (Fsp3) is 0.200. The first-order valence-corrected chi connectivity index (χ1v) is 9.20. The summed E-state index contributed by atoms with van der Waals surface area (Å²) in [5.74, 6) is 1.06. The van der Waals surface area contributed by atoms with Crippen molar-refractivity contribution < 1.29 is 24.1 Å². The first-order valence-electron chi connectivity index (χ1n) is 8.39. The van der Waals surface area contributed by atoms with Crippen LogP contribution in [0.25, 0.3) is 11.3 Å². The van der Waals surface area contributed by atoms with E-state index in [-0.39, 0.29) is 6.61 Å². The highest BCUT2D eigenvalue weighted by atomic mass is 32.1. The molecule has 0 fully saturated rings. The van der Waals surface area contributed by atoms with E-state index in [1.807, 2.05) is 37.3 Å². The molecule has 138 valence electrons. The zero-order valence-corrected chi connectivity index (χ0v) is 15.4. The molecule has 0 radical (unpaired) electrons. The summed E-state index contributed by atoms with van der Waals surface area (Å²) < 4.78 is 16.8. The van der Waals surface area contributed by atoms with Crippen LogP contribution in [0.1, 0.15) is 15.4 Å². The number of carboxylic acid groups (broad SMARTS) is 1. The molecule has 27 heavy (non-hydrogen) atoms. The van der Waals surface area contributed by atoms with E-state index in [4.69, 9.17) is 24.3 Å². The van der Waals surface area contributed by atoms with E-state index in [1.165, 1.54) is 0 Å². The molecule has 0 bridgehead atoms. The molecule has 6 nitrogen and oxygen atoms in total. The summed E-state index contributed by atoms with van der Waals surface area (Å²) in [6.45, 7) is 2.36. The van der Waals surface area contributed by atoms with Crippen LogP contribution in [0.4, 0.5) is 0 Å². The highest BCUT2D eigenvalue weighted by Crippen LogP contribution is 2.39. The van der Waals surface area contributed by atoms with Crippen LogP contribution < -0.4 is 14.2 Å². The Morgan fingerprint density at radius 1 is 1.26 bits per heavy atom. The lowest BCUT2D eigenvalue weighted by molar-refractivity contribution is -0.139. The minimum atomic E-state index is -1.01. The van der Waals surface area contributed by atoms with Crippen LogP contribution in [0.5, 0.6) is 17.2 Å². The van der Waals surface area contributed by atoms with Crippen molar-refractivity contribution in [3.63, 3.8) is 0 Å². The quantitative estimate of drug-likeness (QED) is 0.692. The Morgan fingerprint density at radius 2 is 2.11 bits per heavy atom. The Morgan fingerprint density at radius 3 is 2.93 bits per heavy atom. The van der Waals surface area contributed by atoms with Crippen molar-refractivity contribution in [1.82, 2.24) is 4.98 Å². The van der Waals surface area contributed by atoms with E-state index in [1.54, 1.807) is 23.5 Å². The average molecular weight is 383 g/mol. The van der Waals surface area contributed by atoms with E-state index >= 15 is 0 Å². The Hall–Kier alpha value is -3.06. The SMILES string of the molecule is Cc1cc(OCc2nc3c(s2)COc2ccccc2-3)ccc1OCC(=O)O. The van der Waals surface area contributed by atoms with Crippen molar-refractivity contribution in [2.75, 3.05) is 6.61 Å². The smallest absolute Gasteiger partial charge is 0.341 e. The Balaban J connectivity index is 1.45. The number of nitrogens with zero attached hydrogens (tertiary/aromatic N) is 1. The lowest BCUT2D eigenvalue weighted by Crippen LogP contribution is -2.10. The van der Waals surface area contributed by atoms with E-state index in [2.05, 4.69) is 0 Å². The summed E-state index contributed by atoms with van der Waals surface area (Å²) in [5, 5.41) is 9.58. The summed E-state index contributed by atoms with van der Waals surface area (Å²) in [5.41, 5.74) is 2.79. The van der Waals surface area contributed by atoms with Gasteiger partial charge in [-0.3, -0.25) is 0 Å². The second kappa shape index (κ2) is 7.28. The molecular formula is C20H17NO5S. The van der Waals surface area contributed by atoms with Gasteiger partial charge in [0.1, 0.15) is 35.5 Å². The Labute approximate surface area is 160 Å². The van der Waals surface area contributed by atoms with Gasteiger partial charge < -0.3 is 19.3 Å². The fourth-order valence-corrected chi connectivity index (χ4v) is 3.77. The number of carboxylic acids is 1. The zero-order chi connectivity index (χ0) is 18.8. The number of fused-ring (bicyclic) bond motifs is 3. The van der Waals surface area contributed by atoms with Gasteiger partial charge in [-0.25, -0.2) is 9.78 Å². The number of thiazole rings is 1. The van der Waals surface area contributed by atoms with Crippen molar-refractivity contribution in [1.29, 1.82) is 0 Å². The molecule has 0 unspecified atom stereocenters. The normalized spacial score (nSPS) is 11.9. The maximum absolute atomic E-state index is 10.6. The van der Waals surface area contributed by atoms with E-state index in [0.29, 0.717) is 24.7 Å². The second-order valence-corrected chi connectivity index (χ2v) is 7.23. The second-order valence-electron chi connectivity index (χ2n) is 6.06. The van der Waals surface area contributed by atoms with Gasteiger partial charge in [0.15, 0.2) is 6.61 Å². The summed E-state index contributed by atoms with van der Waals surface area (Å²) in [4.78, 5) is 16.4. The molecule has 3 aromatic rings. The van der Waals surface area contributed by atoms with Crippen LogP contribution in [-0.4, -0.2) is 22.7 Å². The number of carbonyl (C=O) groups is 1. The Bertz CT molecular complexity index is 998. The predicted molar refractivity (Wildman–Crippen MR) is 101 cm³/mol. The number of para-hydroxylation sites is 1. The fourth-order valence-electron chi connectivity index (χ4n) is 2.86. The number of aromatic nitrogens is 1. The molecular weight excluding hydrogens is 366 g/mol. The predicted octanol–water partition coefficient (Wildman–Crippen LogP) is 4.05. The molecule has 0 atom stereocenters. The molecule has 0 saturated carbocycles. The molecule has 0 spiro atoms. The van der Waals surface area contributed by atoms with Crippen LogP contribution in [0, 0.1) is 6.92 Å². The number of hydrogen-bond acceptors (Lipinski definition) is 6. The molecule has 0 amide bonds. The third-order valence-corrected chi connectivity index (χ3v) is 5.10. The number of benzene rings is 2. The maximum atomic E-state index is 10.6. The molecule has 1 aliphatic rings. The third kappa shape index (κ3) is 3.73. The largest absolute Gasteiger partial charge is 0.487 e. The third-order valence-electron chi connectivity index (χ3n) is 4.10. The number of hydrogen-bond donors (Lipinski definition) is 1. The molecule has 1 aliphatic heterocycles. The van der Waals surface area contributed by atoms with Gasteiger partial charge in [-0.1, -0.05) is 12.1 Å². The standard InChI is InChI=1S/C20H17NO5S/c1-12-8-13(6-7-15(12)26-11-19(22)23)24-10-18-21-20-14-4-2-3-5-16(14)25-9-17(20)27-18/h2-8H,9-11H2,1H3,(H,22,23). The van der Waals surface area contributed by atoms with Gasteiger partial charge in [-0.15, -0.1) is 11.3 Å². The van der Waals surface area contributed by atoms with Crippen molar-refractivity contribution in [2.45, 2.75) is 20.1 Å². The van der Waals surface area contributed by atoms with E-state index in [0.717, 1.165) is 32.5 Å². The molecule has 2 heterocycles. The van der Waals surface area contributed by atoms with Crippen LogP contribution in [0.2, 0.25) is 0 Å². The molecule has 0 aliphatic carbocycles. The van der Waals surface area contributed by atoms with Gasteiger partial charge in [0.2, 0.25) is 0 Å². The van der Waals surface area contributed by atoms with Crippen LogP contribution >= 0.6 is 11.3 Å². The van der Waals surface area contributed by atoms with Crippen LogP contribution in [0.15, 0.2) is 42.5 Å². The minimum absolute atomic E-state index is 0.356. The molecule has 7 heteroatoms. The summed E-state index contributed by atoms with van der Waals surface area (Å²) in [7, 11) is 0. The molecule has 1 N–H and O–H groups in total. The van der Waals surface area contributed by atoms with E-state index in [9.17, 15) is 4.79 Å². The molecule has 4 rings (SSSR count). The van der Waals surface area contributed by atoms with Gasteiger partial charge in [0.05, 0.1) is 10.6 Å². The average Bonchev–Trinajstić information content (AvgIpc) is 3.09. The van der Waals surface area contributed by atoms with Crippen molar-refractivity contribution in [2.24, 2.45) is 0 Å².